The van der Waals surface area contributed by atoms with Crippen LogP contribution in [0.25, 0.3) is 21.5 Å². The predicted octanol–water partition coefficient (Wildman–Crippen LogP) is 6.57. The summed E-state index contributed by atoms with van der Waals surface area (Å²) in [4.78, 5) is 38.5. The third-order valence-corrected chi connectivity index (χ3v) is 12.1. The van der Waals surface area contributed by atoms with Gasteiger partial charge in [0, 0.05) is 17.5 Å². The summed E-state index contributed by atoms with van der Waals surface area (Å²) in [5.41, 5.74) is 2.09. The van der Waals surface area contributed by atoms with Crippen molar-refractivity contribution in [3.63, 3.8) is 0 Å². The van der Waals surface area contributed by atoms with Crippen LogP contribution in [0.1, 0.15) is 42.2 Å². The lowest BCUT2D eigenvalue weighted by molar-refractivity contribution is 0.0127. The summed E-state index contributed by atoms with van der Waals surface area (Å²) in [6, 6.07) is 32.2. The average Bonchev–Trinajstić information content (AvgIpc) is 4.23. The Morgan fingerprint density at radius 2 is 0.797 bits per heavy atom. The van der Waals surface area contributed by atoms with E-state index in [1.807, 2.05) is 36.4 Å². The van der Waals surface area contributed by atoms with Crippen LogP contribution in [0, 0.1) is 0 Å². The maximum Gasteiger partial charge on any atom is 0.338 e. The number of benzene rings is 7. The van der Waals surface area contributed by atoms with Gasteiger partial charge in [-0.25, -0.2) is 14.4 Å². The van der Waals surface area contributed by atoms with Crippen LogP contribution < -0.4 is 47.4 Å². The fourth-order valence-electron chi connectivity index (χ4n) is 8.28. The Labute approximate surface area is 422 Å². The molecule has 0 spiro atoms. The Hall–Kier alpha value is -8.65. The number of rotatable bonds is 21. The van der Waals surface area contributed by atoms with Crippen molar-refractivity contribution in [2.75, 3.05) is 67.1 Å². The monoisotopic (exact) mass is 1010 g/mol. The highest BCUT2D eigenvalue weighted by Crippen LogP contribution is 2.39. The molecule has 3 aliphatic rings. The van der Waals surface area contributed by atoms with E-state index in [4.69, 9.17) is 61.6 Å². The van der Waals surface area contributed by atoms with Gasteiger partial charge < -0.3 is 76.9 Å². The normalized spacial score (nSPS) is 14.0. The molecule has 3 N–H and O–H groups in total. The van der Waals surface area contributed by atoms with E-state index in [-0.39, 0.29) is 83.1 Å². The van der Waals surface area contributed by atoms with Gasteiger partial charge in [-0.3, -0.25) is 0 Å². The van der Waals surface area contributed by atoms with Gasteiger partial charge in [-0.1, -0.05) is 24.3 Å². The Kier molecular flexibility index (Phi) is 14.6. The number of hydrogen-bond donors (Lipinski definition) is 3. The third-order valence-electron chi connectivity index (χ3n) is 12.1. The third kappa shape index (κ3) is 11.2. The number of aliphatic hydroxyl groups is 3. The molecular weight excluding hydrogens is 965 g/mol. The van der Waals surface area contributed by atoms with Crippen LogP contribution in [0.2, 0.25) is 0 Å². The van der Waals surface area contributed by atoms with E-state index in [9.17, 15) is 29.7 Å². The van der Waals surface area contributed by atoms with Crippen molar-refractivity contribution >= 4 is 39.5 Å². The summed E-state index contributed by atoms with van der Waals surface area (Å²) in [5, 5.41) is 35.8. The minimum atomic E-state index is -1.24. The molecule has 3 unspecified atom stereocenters. The summed E-state index contributed by atoms with van der Waals surface area (Å²) in [7, 11) is 1.55. The van der Waals surface area contributed by atoms with Gasteiger partial charge >= 0.3 is 17.9 Å². The first-order valence-electron chi connectivity index (χ1n) is 23.3. The molecule has 0 saturated heterocycles. The Morgan fingerprint density at radius 3 is 1.22 bits per heavy atom. The van der Waals surface area contributed by atoms with Gasteiger partial charge in [0.2, 0.25) is 20.4 Å². The minimum Gasteiger partial charge on any atom is -0.496 e. The molecule has 74 heavy (non-hydrogen) atoms. The zero-order chi connectivity index (χ0) is 51.1. The number of esters is 3. The van der Waals surface area contributed by atoms with E-state index >= 15 is 0 Å². The van der Waals surface area contributed by atoms with Crippen molar-refractivity contribution < 1.29 is 91.3 Å². The Bertz CT molecular complexity index is 3220. The number of ether oxygens (including phenoxy) is 13. The van der Waals surface area contributed by atoms with Gasteiger partial charge in [0.15, 0.2) is 34.5 Å². The van der Waals surface area contributed by atoms with E-state index in [0.717, 1.165) is 21.7 Å². The first-order chi connectivity index (χ1) is 36.0. The van der Waals surface area contributed by atoms with Crippen LogP contribution in [0.3, 0.4) is 0 Å². The van der Waals surface area contributed by atoms with Gasteiger partial charge in [0.25, 0.3) is 0 Å². The molecule has 382 valence electrons. The smallest absolute Gasteiger partial charge is 0.338 e. The Morgan fingerprint density at radius 1 is 0.432 bits per heavy atom. The standard InChI is InChI=1S/C55H48O19/c1-62-45-11-4-31-2-9-39(63-22-36(56)25-66-53(59)33-6-13-47-50(16-33)72-28-69-47)19-41(31)43(45)21-44-42-20-40(64-23-37(57)26-67-54(60)34-7-14-48-51(17-34)73-29-70-48)10-3-32(42)5-12-46(44)65-24-38(58)27-68-55(61)35-8-15-49-52(18-35)74-30-71-49/h2-20,36-38,56-58H,21-30H2,1H3. The lowest BCUT2D eigenvalue weighted by Gasteiger charge is -2.20. The Balaban J connectivity index is 0.860. The number of aliphatic hydroxyl groups excluding tert-OH is 3. The average molecular weight is 1010 g/mol. The summed E-state index contributed by atoms with van der Waals surface area (Å²) < 4.78 is 72.5. The van der Waals surface area contributed by atoms with Crippen LogP contribution in [0.5, 0.6) is 57.5 Å². The molecule has 3 atom stereocenters. The molecule has 0 amide bonds. The molecular formula is C55H48O19. The molecule has 10 rings (SSSR count). The quantitative estimate of drug-likeness (QED) is 0.0510. The molecule has 19 nitrogen and oxygen atoms in total. The van der Waals surface area contributed by atoms with E-state index < -0.39 is 36.2 Å². The number of fused-ring (bicyclic) bond motifs is 5. The molecule has 19 heteroatoms. The highest BCUT2D eigenvalue weighted by atomic mass is 16.7. The van der Waals surface area contributed by atoms with Gasteiger partial charge in [0.1, 0.15) is 81.0 Å². The van der Waals surface area contributed by atoms with Gasteiger partial charge in [-0.05, 0) is 113 Å². The van der Waals surface area contributed by atoms with Crippen LogP contribution in [0.15, 0.2) is 115 Å². The van der Waals surface area contributed by atoms with Crippen molar-refractivity contribution in [3.8, 4) is 57.5 Å². The molecule has 7 aromatic rings. The van der Waals surface area contributed by atoms with Crippen LogP contribution >= 0.6 is 0 Å². The second-order valence-electron chi connectivity index (χ2n) is 17.1. The van der Waals surface area contributed by atoms with Gasteiger partial charge in [0.05, 0.1) is 23.8 Å². The second-order valence-corrected chi connectivity index (χ2v) is 17.1. The molecule has 7 aromatic carbocycles. The molecule has 0 bridgehead atoms. The lowest BCUT2D eigenvalue weighted by atomic mass is 9.93. The van der Waals surface area contributed by atoms with Crippen molar-refractivity contribution in [3.05, 3.63) is 143 Å². The fraction of sp³-hybridized carbons (Fsp3) is 0.255. The number of carbonyl (C=O) groups is 3. The zero-order valence-corrected chi connectivity index (χ0v) is 39.6. The van der Waals surface area contributed by atoms with Crippen molar-refractivity contribution in [1.29, 1.82) is 0 Å². The molecule has 0 radical (unpaired) electrons. The first-order valence-corrected chi connectivity index (χ1v) is 23.3. The first kappa shape index (κ1) is 49.0. The summed E-state index contributed by atoms with van der Waals surface area (Å²) in [6.45, 7) is -1.59. The van der Waals surface area contributed by atoms with E-state index in [1.54, 1.807) is 67.8 Å². The molecule has 0 aliphatic carbocycles. The number of carbonyl (C=O) groups excluding carboxylic acids is 3. The van der Waals surface area contributed by atoms with Gasteiger partial charge in [-0.2, -0.15) is 0 Å². The van der Waals surface area contributed by atoms with E-state index in [2.05, 4.69) is 0 Å². The van der Waals surface area contributed by atoms with Crippen LogP contribution in [0.4, 0.5) is 0 Å². The molecule has 3 aliphatic heterocycles. The van der Waals surface area contributed by atoms with Crippen molar-refractivity contribution in [1.82, 2.24) is 0 Å². The highest BCUT2D eigenvalue weighted by Gasteiger charge is 2.23. The van der Waals surface area contributed by atoms with Gasteiger partial charge in [-0.15, -0.1) is 0 Å². The fourth-order valence-corrected chi connectivity index (χ4v) is 8.28. The maximum absolute atomic E-state index is 12.9. The summed E-state index contributed by atoms with van der Waals surface area (Å²) >= 11 is 0. The second kappa shape index (κ2) is 22.0. The molecule has 0 saturated carbocycles. The predicted molar refractivity (Wildman–Crippen MR) is 260 cm³/mol. The van der Waals surface area contributed by atoms with Crippen LogP contribution in [-0.2, 0) is 20.6 Å². The number of methoxy groups -OCH3 is 1. The SMILES string of the molecule is COc1ccc2ccc(OCC(O)COC(=O)c3ccc4c(c3)OCO4)cc2c1Cc1c(OCC(O)COC(=O)c2ccc3c(c2)OCO3)ccc2ccc(OCC(O)COC(=O)c3ccc4c(c3)OCO4)cc12. The largest absolute Gasteiger partial charge is 0.496 e. The highest BCUT2D eigenvalue weighted by molar-refractivity contribution is 5.94. The maximum atomic E-state index is 12.9. The summed E-state index contributed by atoms with van der Waals surface area (Å²) in [6.07, 6.45) is -3.39. The van der Waals surface area contributed by atoms with E-state index in [1.165, 1.54) is 18.2 Å². The van der Waals surface area contributed by atoms with Crippen molar-refractivity contribution in [2.24, 2.45) is 0 Å². The molecule has 3 heterocycles. The topological polar surface area (TPSA) is 232 Å². The lowest BCUT2D eigenvalue weighted by Crippen LogP contribution is -2.25. The summed E-state index contributed by atoms with van der Waals surface area (Å²) in [5.74, 6) is 2.56. The van der Waals surface area contributed by atoms with Crippen LogP contribution in [-0.4, -0.2) is 119 Å². The number of hydrogen-bond acceptors (Lipinski definition) is 19. The minimum absolute atomic E-state index is 0.0441. The molecule has 0 fully saturated rings. The zero-order valence-electron chi connectivity index (χ0n) is 39.6. The van der Waals surface area contributed by atoms with E-state index in [0.29, 0.717) is 68.4 Å². The van der Waals surface area contributed by atoms with Crippen molar-refractivity contribution in [2.45, 2.75) is 24.7 Å². The molecule has 0 aromatic heterocycles.